The van der Waals surface area contributed by atoms with Crippen molar-refractivity contribution in [3.8, 4) is 11.5 Å². The van der Waals surface area contributed by atoms with Crippen LogP contribution in [0.1, 0.15) is 22.3 Å². The number of hydrogen-bond acceptors (Lipinski definition) is 7. The Morgan fingerprint density at radius 2 is 2.03 bits per heavy atom. The number of nitrogens with zero attached hydrogens (tertiary/aromatic N) is 4. The van der Waals surface area contributed by atoms with Gasteiger partial charge in [-0.25, -0.2) is 9.67 Å². The highest BCUT2D eigenvalue weighted by Gasteiger charge is 2.33. The van der Waals surface area contributed by atoms with Gasteiger partial charge in [0.25, 0.3) is 0 Å². The molecule has 1 aliphatic rings. The Morgan fingerprint density at radius 1 is 1.15 bits per heavy atom. The summed E-state index contributed by atoms with van der Waals surface area (Å²) in [7, 11) is 0. The van der Waals surface area contributed by atoms with E-state index in [0.717, 1.165) is 34.7 Å². The zero-order valence-corrected chi connectivity index (χ0v) is 20.2. The number of aryl methyl sites for hydroxylation is 2. The zero-order valence-electron chi connectivity index (χ0n) is 20.2. The van der Waals surface area contributed by atoms with E-state index in [-0.39, 0.29) is 13.2 Å². The van der Waals surface area contributed by atoms with Crippen LogP contribution in [0, 0.1) is 20.8 Å². The highest BCUT2D eigenvalue weighted by atomic mass is 16.5. The SMILES string of the molecule is Cc1cc(C)c(C)c(OCC2(O)COCCN(Cc3cccc(OCCn4cncn4)c3)C2)c1. The van der Waals surface area contributed by atoms with E-state index in [9.17, 15) is 5.11 Å². The van der Waals surface area contributed by atoms with Crippen LogP contribution in [-0.4, -0.2) is 69.9 Å². The van der Waals surface area contributed by atoms with Crippen LogP contribution in [-0.2, 0) is 17.8 Å². The van der Waals surface area contributed by atoms with Crippen LogP contribution in [0.5, 0.6) is 11.5 Å². The Balaban J connectivity index is 1.35. The maximum absolute atomic E-state index is 11.3. The molecule has 1 aliphatic heterocycles. The standard InChI is InChI=1S/C26H34N4O4/c1-20-11-21(2)22(3)25(12-20)34-17-26(31)15-29(7-9-32-16-26)14-23-5-4-6-24(13-23)33-10-8-30-19-27-18-28-30/h4-6,11-13,18-19,31H,7-10,14-17H2,1-3H3. The molecule has 0 saturated carbocycles. The fourth-order valence-corrected chi connectivity index (χ4v) is 4.18. The summed E-state index contributed by atoms with van der Waals surface area (Å²) < 4.78 is 19.5. The van der Waals surface area contributed by atoms with E-state index in [1.54, 1.807) is 11.0 Å². The van der Waals surface area contributed by atoms with Crippen molar-refractivity contribution in [2.45, 2.75) is 39.5 Å². The molecule has 0 bridgehead atoms. The van der Waals surface area contributed by atoms with Gasteiger partial charge >= 0.3 is 0 Å². The van der Waals surface area contributed by atoms with Gasteiger partial charge in [0.15, 0.2) is 0 Å². The predicted octanol–water partition coefficient (Wildman–Crippen LogP) is 2.92. The van der Waals surface area contributed by atoms with Gasteiger partial charge in [-0.15, -0.1) is 0 Å². The highest BCUT2D eigenvalue weighted by molar-refractivity contribution is 5.42. The van der Waals surface area contributed by atoms with Crippen LogP contribution >= 0.6 is 0 Å². The molecule has 0 spiro atoms. The summed E-state index contributed by atoms with van der Waals surface area (Å²) in [6, 6.07) is 12.2. The summed E-state index contributed by atoms with van der Waals surface area (Å²) in [5.41, 5.74) is 3.46. The second kappa shape index (κ2) is 11.0. The Bertz CT molecular complexity index is 1070. The average molecular weight is 467 g/mol. The molecule has 1 fully saturated rings. The van der Waals surface area contributed by atoms with Gasteiger partial charge in [0.2, 0.25) is 0 Å². The average Bonchev–Trinajstić information content (AvgIpc) is 3.25. The van der Waals surface area contributed by atoms with Gasteiger partial charge in [-0.1, -0.05) is 18.2 Å². The summed E-state index contributed by atoms with van der Waals surface area (Å²) in [5.74, 6) is 1.63. The largest absolute Gasteiger partial charge is 0.492 e. The number of rotatable bonds is 9. The monoisotopic (exact) mass is 466 g/mol. The van der Waals surface area contributed by atoms with Gasteiger partial charge in [-0.05, 0) is 61.2 Å². The van der Waals surface area contributed by atoms with Crippen molar-refractivity contribution in [2.24, 2.45) is 0 Å². The Hall–Kier alpha value is -2.94. The van der Waals surface area contributed by atoms with Gasteiger partial charge in [0.05, 0.1) is 19.8 Å². The fourth-order valence-electron chi connectivity index (χ4n) is 4.18. The lowest BCUT2D eigenvalue weighted by Crippen LogP contribution is -2.48. The molecule has 1 saturated heterocycles. The van der Waals surface area contributed by atoms with Crippen molar-refractivity contribution in [1.29, 1.82) is 0 Å². The normalized spacial score (nSPS) is 19.1. The minimum atomic E-state index is -1.09. The molecule has 1 unspecified atom stereocenters. The molecule has 1 atom stereocenters. The minimum Gasteiger partial charge on any atom is -0.492 e. The van der Waals surface area contributed by atoms with E-state index in [0.29, 0.717) is 32.8 Å². The van der Waals surface area contributed by atoms with Crippen molar-refractivity contribution in [2.75, 3.05) is 39.5 Å². The van der Waals surface area contributed by atoms with Crippen LogP contribution in [0.25, 0.3) is 0 Å². The number of benzene rings is 2. The number of hydrogen-bond donors (Lipinski definition) is 1. The first-order chi connectivity index (χ1) is 16.4. The predicted molar refractivity (Wildman–Crippen MR) is 129 cm³/mol. The van der Waals surface area contributed by atoms with E-state index in [4.69, 9.17) is 14.2 Å². The number of ether oxygens (including phenoxy) is 3. The molecular formula is C26H34N4O4. The first kappa shape index (κ1) is 24.2. The fraction of sp³-hybridized carbons (Fsp3) is 0.462. The molecule has 182 valence electrons. The lowest BCUT2D eigenvalue weighted by atomic mass is 10.0. The number of aromatic nitrogens is 3. The number of β-amino-alcohol motifs (C(OH)–C–C–N with tert-alkyl or cyclic N) is 1. The quantitative estimate of drug-likeness (QED) is 0.519. The third kappa shape index (κ3) is 6.56. The molecular weight excluding hydrogens is 432 g/mol. The summed E-state index contributed by atoms with van der Waals surface area (Å²) in [6.45, 7) is 10.2. The van der Waals surface area contributed by atoms with E-state index >= 15 is 0 Å². The molecule has 8 heteroatoms. The summed E-state index contributed by atoms with van der Waals surface area (Å²) in [5, 5.41) is 15.4. The third-order valence-electron chi connectivity index (χ3n) is 6.06. The van der Waals surface area contributed by atoms with Gasteiger partial charge in [0.1, 0.15) is 43.0 Å². The van der Waals surface area contributed by atoms with Crippen LogP contribution in [0.3, 0.4) is 0 Å². The van der Waals surface area contributed by atoms with Gasteiger partial charge < -0.3 is 19.3 Å². The van der Waals surface area contributed by atoms with Crippen molar-refractivity contribution in [3.05, 3.63) is 71.3 Å². The maximum atomic E-state index is 11.3. The molecule has 2 heterocycles. The van der Waals surface area contributed by atoms with Crippen molar-refractivity contribution in [3.63, 3.8) is 0 Å². The molecule has 34 heavy (non-hydrogen) atoms. The second-order valence-electron chi connectivity index (χ2n) is 9.14. The van der Waals surface area contributed by atoms with Crippen molar-refractivity contribution < 1.29 is 19.3 Å². The van der Waals surface area contributed by atoms with Crippen molar-refractivity contribution >= 4 is 0 Å². The van der Waals surface area contributed by atoms with Crippen LogP contribution in [0.15, 0.2) is 49.1 Å². The molecule has 2 aromatic carbocycles. The summed E-state index contributed by atoms with van der Waals surface area (Å²) in [4.78, 5) is 6.15. The Kier molecular flexibility index (Phi) is 7.82. The molecule has 8 nitrogen and oxygen atoms in total. The molecule has 0 radical (unpaired) electrons. The van der Waals surface area contributed by atoms with Crippen LogP contribution in [0.2, 0.25) is 0 Å². The second-order valence-corrected chi connectivity index (χ2v) is 9.14. The van der Waals surface area contributed by atoms with E-state index in [1.807, 2.05) is 31.2 Å². The topological polar surface area (TPSA) is 81.9 Å². The molecule has 1 N–H and O–H groups in total. The van der Waals surface area contributed by atoms with Crippen LogP contribution in [0.4, 0.5) is 0 Å². The smallest absolute Gasteiger partial charge is 0.137 e. The number of aliphatic hydroxyl groups is 1. The first-order valence-electron chi connectivity index (χ1n) is 11.7. The van der Waals surface area contributed by atoms with E-state index < -0.39 is 5.60 Å². The summed E-state index contributed by atoms with van der Waals surface area (Å²) >= 11 is 0. The van der Waals surface area contributed by atoms with E-state index in [1.165, 1.54) is 11.9 Å². The lowest BCUT2D eigenvalue weighted by molar-refractivity contribution is -0.0647. The molecule has 4 rings (SSSR count). The summed E-state index contributed by atoms with van der Waals surface area (Å²) in [6.07, 6.45) is 3.19. The lowest BCUT2D eigenvalue weighted by Gasteiger charge is -2.31. The molecule has 1 aromatic heterocycles. The maximum Gasteiger partial charge on any atom is 0.137 e. The Morgan fingerprint density at radius 3 is 2.85 bits per heavy atom. The van der Waals surface area contributed by atoms with Crippen molar-refractivity contribution in [1.82, 2.24) is 19.7 Å². The molecule has 0 aliphatic carbocycles. The zero-order chi connectivity index (χ0) is 24.0. The highest BCUT2D eigenvalue weighted by Crippen LogP contribution is 2.25. The third-order valence-corrected chi connectivity index (χ3v) is 6.06. The molecule has 0 amide bonds. The van der Waals surface area contributed by atoms with Crippen LogP contribution < -0.4 is 9.47 Å². The van der Waals surface area contributed by atoms with E-state index in [2.05, 4.69) is 41.0 Å². The minimum absolute atomic E-state index is 0.179. The first-order valence-corrected chi connectivity index (χ1v) is 11.7. The Labute approximate surface area is 201 Å². The van der Waals surface area contributed by atoms with Gasteiger partial charge in [-0.3, -0.25) is 4.90 Å². The molecule has 3 aromatic rings. The van der Waals surface area contributed by atoms with Gasteiger partial charge in [-0.2, -0.15) is 5.10 Å². The van der Waals surface area contributed by atoms with Gasteiger partial charge in [0, 0.05) is 19.6 Å².